The first-order valence-electron chi connectivity index (χ1n) is 3.43. The van der Waals surface area contributed by atoms with Gasteiger partial charge in [0.2, 0.25) is 0 Å². The van der Waals surface area contributed by atoms with Gasteiger partial charge in [0.25, 0.3) is 0 Å². The van der Waals surface area contributed by atoms with E-state index in [1.54, 1.807) is 6.92 Å². The van der Waals surface area contributed by atoms with Crippen LogP contribution in [0.4, 0.5) is 8.78 Å². The largest absolute Gasteiger partial charge is 0.393 e. The maximum atomic E-state index is 13.1. The van der Waals surface area contributed by atoms with Gasteiger partial charge in [-0.2, -0.15) is 0 Å². The Hall–Kier alpha value is -0.180. The van der Waals surface area contributed by atoms with E-state index in [1.807, 2.05) is 0 Å². The fraction of sp³-hybridized carbons (Fsp3) is 1.00. The van der Waals surface area contributed by atoms with Gasteiger partial charge in [-0.3, -0.25) is 0 Å². The standard InChI is InChI=1S/C7H12F2O/c1-5-3-7(9,4-10)6(5,2)8/h5,10H,3-4H2,1-2H3. The van der Waals surface area contributed by atoms with Gasteiger partial charge in [-0.25, -0.2) is 8.78 Å². The lowest BCUT2D eigenvalue weighted by molar-refractivity contribution is -0.179. The van der Waals surface area contributed by atoms with Crippen molar-refractivity contribution in [2.45, 2.75) is 31.6 Å². The lowest BCUT2D eigenvalue weighted by Crippen LogP contribution is -2.63. The third-order valence-electron chi connectivity index (χ3n) is 2.68. The molecule has 1 aliphatic carbocycles. The van der Waals surface area contributed by atoms with Gasteiger partial charge in [0.15, 0.2) is 5.67 Å². The predicted octanol–water partition coefficient (Wildman–Crippen LogP) is 1.46. The van der Waals surface area contributed by atoms with Crippen LogP contribution in [-0.2, 0) is 0 Å². The Morgan fingerprint density at radius 2 is 2.10 bits per heavy atom. The summed E-state index contributed by atoms with van der Waals surface area (Å²) < 4.78 is 26.2. The molecule has 1 rings (SSSR count). The van der Waals surface area contributed by atoms with E-state index in [2.05, 4.69) is 0 Å². The molecule has 1 N–H and O–H groups in total. The Bertz CT molecular complexity index is 144. The molecule has 0 aromatic rings. The number of aliphatic hydroxyl groups is 1. The first kappa shape index (κ1) is 7.92. The second-order valence-electron chi connectivity index (χ2n) is 3.30. The van der Waals surface area contributed by atoms with Gasteiger partial charge in [0.1, 0.15) is 5.67 Å². The predicted molar refractivity (Wildman–Crippen MR) is 34.2 cm³/mol. The molecule has 0 bridgehead atoms. The average Bonchev–Trinajstić information content (AvgIpc) is 1.88. The van der Waals surface area contributed by atoms with Crippen LogP contribution in [-0.4, -0.2) is 23.1 Å². The van der Waals surface area contributed by atoms with Crippen molar-refractivity contribution < 1.29 is 13.9 Å². The van der Waals surface area contributed by atoms with E-state index in [0.717, 1.165) is 0 Å². The maximum Gasteiger partial charge on any atom is 0.167 e. The second-order valence-corrected chi connectivity index (χ2v) is 3.30. The zero-order valence-electron chi connectivity index (χ0n) is 6.19. The van der Waals surface area contributed by atoms with E-state index in [1.165, 1.54) is 6.92 Å². The van der Waals surface area contributed by atoms with Gasteiger partial charge >= 0.3 is 0 Å². The van der Waals surface area contributed by atoms with Gasteiger partial charge in [-0.1, -0.05) is 6.92 Å². The molecule has 0 aromatic carbocycles. The first-order chi connectivity index (χ1) is 4.44. The minimum absolute atomic E-state index is 0.135. The summed E-state index contributed by atoms with van der Waals surface area (Å²) in [5.74, 6) is -0.273. The maximum absolute atomic E-state index is 13.1. The molecule has 0 amide bonds. The van der Waals surface area contributed by atoms with Crippen LogP contribution < -0.4 is 0 Å². The molecule has 0 aromatic heterocycles. The number of alkyl halides is 2. The van der Waals surface area contributed by atoms with Crippen molar-refractivity contribution in [2.75, 3.05) is 6.61 Å². The van der Waals surface area contributed by atoms with Crippen molar-refractivity contribution in [3.05, 3.63) is 0 Å². The first-order valence-corrected chi connectivity index (χ1v) is 3.43. The third kappa shape index (κ3) is 0.698. The summed E-state index contributed by atoms with van der Waals surface area (Å²) in [4.78, 5) is 0. The summed E-state index contributed by atoms with van der Waals surface area (Å²) in [7, 11) is 0. The van der Waals surface area contributed by atoms with E-state index < -0.39 is 17.9 Å². The van der Waals surface area contributed by atoms with Crippen molar-refractivity contribution in [3.63, 3.8) is 0 Å². The Morgan fingerprint density at radius 3 is 2.20 bits per heavy atom. The number of aliphatic hydroxyl groups excluding tert-OH is 1. The number of hydrogen-bond donors (Lipinski definition) is 1. The lowest BCUT2D eigenvalue weighted by atomic mass is 9.62. The Kier molecular flexibility index (Phi) is 1.51. The van der Waals surface area contributed by atoms with Crippen LogP contribution in [0.2, 0.25) is 0 Å². The number of hydrogen-bond acceptors (Lipinski definition) is 1. The molecule has 1 aliphatic rings. The fourth-order valence-electron chi connectivity index (χ4n) is 1.41. The van der Waals surface area contributed by atoms with Gasteiger partial charge < -0.3 is 5.11 Å². The molecule has 3 heteroatoms. The molecule has 60 valence electrons. The lowest BCUT2D eigenvalue weighted by Gasteiger charge is -2.50. The van der Waals surface area contributed by atoms with Crippen LogP contribution in [0, 0.1) is 5.92 Å². The zero-order valence-corrected chi connectivity index (χ0v) is 6.19. The second kappa shape index (κ2) is 1.91. The third-order valence-corrected chi connectivity index (χ3v) is 2.68. The highest BCUT2D eigenvalue weighted by Crippen LogP contribution is 2.52. The molecule has 1 fully saturated rings. The van der Waals surface area contributed by atoms with Crippen molar-refractivity contribution in [2.24, 2.45) is 5.92 Å². The van der Waals surface area contributed by atoms with Crippen LogP contribution in [0.15, 0.2) is 0 Å². The highest BCUT2D eigenvalue weighted by Gasteiger charge is 2.63. The summed E-state index contributed by atoms with van der Waals surface area (Å²) in [6.07, 6.45) is 0.135. The van der Waals surface area contributed by atoms with E-state index >= 15 is 0 Å². The average molecular weight is 150 g/mol. The SMILES string of the molecule is CC1CC(F)(CO)C1(C)F. The highest BCUT2D eigenvalue weighted by molar-refractivity contribution is 5.11. The summed E-state index contributed by atoms with van der Waals surface area (Å²) in [6, 6.07) is 0. The zero-order chi connectivity index (χ0) is 7.99. The van der Waals surface area contributed by atoms with Crippen molar-refractivity contribution in [1.29, 1.82) is 0 Å². The van der Waals surface area contributed by atoms with Crippen LogP contribution in [0.25, 0.3) is 0 Å². The molecule has 0 heterocycles. The van der Waals surface area contributed by atoms with Crippen LogP contribution in [0.3, 0.4) is 0 Å². The summed E-state index contributed by atoms with van der Waals surface area (Å²) in [5.41, 5.74) is -3.81. The van der Waals surface area contributed by atoms with Crippen LogP contribution in [0.5, 0.6) is 0 Å². The molecule has 0 aliphatic heterocycles. The quantitative estimate of drug-likeness (QED) is 0.600. The molecule has 10 heavy (non-hydrogen) atoms. The van der Waals surface area contributed by atoms with Gasteiger partial charge in [0, 0.05) is 0 Å². The van der Waals surface area contributed by atoms with Gasteiger partial charge in [-0.05, 0) is 19.3 Å². The van der Waals surface area contributed by atoms with Gasteiger partial charge in [0.05, 0.1) is 6.61 Å². The molecule has 0 saturated heterocycles. The van der Waals surface area contributed by atoms with Crippen molar-refractivity contribution in [1.82, 2.24) is 0 Å². The fourth-order valence-corrected chi connectivity index (χ4v) is 1.41. The van der Waals surface area contributed by atoms with Crippen molar-refractivity contribution in [3.8, 4) is 0 Å². The Balaban J connectivity index is 2.70. The molecule has 0 spiro atoms. The molecular formula is C7H12F2O. The van der Waals surface area contributed by atoms with E-state index in [-0.39, 0.29) is 12.3 Å². The topological polar surface area (TPSA) is 20.2 Å². The minimum atomic E-state index is -1.98. The highest BCUT2D eigenvalue weighted by atomic mass is 19.2. The van der Waals surface area contributed by atoms with E-state index in [4.69, 9.17) is 5.11 Å². The summed E-state index contributed by atoms with van der Waals surface area (Å²) in [6.45, 7) is 2.15. The summed E-state index contributed by atoms with van der Waals surface area (Å²) in [5, 5.41) is 8.48. The molecule has 1 nitrogen and oxygen atoms in total. The van der Waals surface area contributed by atoms with Crippen LogP contribution in [0.1, 0.15) is 20.3 Å². The Labute approximate surface area is 59.0 Å². The molecular weight excluding hydrogens is 138 g/mol. The van der Waals surface area contributed by atoms with Crippen molar-refractivity contribution >= 4 is 0 Å². The number of rotatable bonds is 1. The van der Waals surface area contributed by atoms with Gasteiger partial charge in [-0.15, -0.1) is 0 Å². The minimum Gasteiger partial charge on any atom is -0.393 e. The molecule has 0 radical (unpaired) electrons. The monoisotopic (exact) mass is 150 g/mol. The van der Waals surface area contributed by atoms with E-state index in [9.17, 15) is 8.78 Å². The number of halogens is 2. The normalized spacial score (nSPS) is 54.3. The Morgan fingerprint density at radius 1 is 1.60 bits per heavy atom. The molecule has 3 unspecified atom stereocenters. The molecule has 3 atom stereocenters. The van der Waals surface area contributed by atoms with E-state index in [0.29, 0.717) is 0 Å². The summed E-state index contributed by atoms with van der Waals surface area (Å²) >= 11 is 0. The smallest absolute Gasteiger partial charge is 0.167 e. The molecule has 1 saturated carbocycles. The van der Waals surface area contributed by atoms with Crippen LogP contribution >= 0.6 is 0 Å².